The molecule has 1 aromatic rings. The number of fused-ring (bicyclic) bond motifs is 1. The lowest BCUT2D eigenvalue weighted by molar-refractivity contribution is -0.134. The van der Waals surface area contributed by atoms with E-state index in [4.69, 9.17) is 0 Å². The van der Waals surface area contributed by atoms with Crippen LogP contribution in [0.1, 0.15) is 25.7 Å². The van der Waals surface area contributed by atoms with Gasteiger partial charge in [0.1, 0.15) is 6.04 Å². The fraction of sp³-hybridized carbons (Fsp3) is 0.632. The van der Waals surface area contributed by atoms with E-state index in [9.17, 15) is 26.4 Å². The molecule has 3 atom stereocenters. The number of rotatable bonds is 3. The molecule has 0 spiro atoms. The SMILES string of the molecule is O=C(C1NNC2CCCCC21)N1CCN(c2ccc(S(=O)(=O)C(F)(F)F)cc2)CC1. The average molecular weight is 446 g/mol. The van der Waals surface area contributed by atoms with Crippen LogP contribution in [0.4, 0.5) is 18.9 Å². The van der Waals surface area contributed by atoms with Gasteiger partial charge >= 0.3 is 5.51 Å². The highest BCUT2D eigenvalue weighted by Crippen LogP contribution is 2.32. The summed E-state index contributed by atoms with van der Waals surface area (Å²) in [7, 11) is -5.35. The molecule has 1 amide bonds. The normalized spacial score (nSPS) is 27.8. The van der Waals surface area contributed by atoms with E-state index in [1.165, 1.54) is 18.6 Å². The summed E-state index contributed by atoms with van der Waals surface area (Å²) in [5.41, 5.74) is 1.74. The highest BCUT2D eigenvalue weighted by atomic mass is 32.2. The van der Waals surface area contributed by atoms with Crippen molar-refractivity contribution in [1.82, 2.24) is 15.8 Å². The molecule has 4 rings (SSSR count). The Morgan fingerprint density at radius 2 is 1.60 bits per heavy atom. The number of hydrogen-bond acceptors (Lipinski definition) is 6. The van der Waals surface area contributed by atoms with E-state index in [0.717, 1.165) is 31.4 Å². The van der Waals surface area contributed by atoms with E-state index in [0.29, 0.717) is 43.8 Å². The lowest BCUT2D eigenvalue weighted by atomic mass is 9.81. The lowest BCUT2D eigenvalue weighted by Gasteiger charge is -2.38. The Kier molecular flexibility index (Phi) is 5.71. The van der Waals surface area contributed by atoms with E-state index in [-0.39, 0.29) is 11.9 Å². The molecule has 1 aliphatic carbocycles. The Balaban J connectivity index is 1.36. The molecule has 3 aliphatic rings. The fourth-order valence-corrected chi connectivity index (χ4v) is 5.40. The van der Waals surface area contributed by atoms with E-state index in [1.54, 1.807) is 0 Å². The Labute approximate surface area is 173 Å². The van der Waals surface area contributed by atoms with Crippen LogP contribution in [0.15, 0.2) is 29.2 Å². The number of nitrogens with one attached hydrogen (secondary N) is 2. The van der Waals surface area contributed by atoms with Crippen molar-refractivity contribution in [3.05, 3.63) is 24.3 Å². The second kappa shape index (κ2) is 8.01. The van der Waals surface area contributed by atoms with Crippen molar-refractivity contribution in [3.63, 3.8) is 0 Å². The van der Waals surface area contributed by atoms with Gasteiger partial charge in [0.15, 0.2) is 0 Å². The van der Waals surface area contributed by atoms with Crippen LogP contribution in [-0.2, 0) is 14.6 Å². The number of amides is 1. The molecular weight excluding hydrogens is 421 g/mol. The van der Waals surface area contributed by atoms with Crippen molar-refractivity contribution in [2.45, 2.75) is 48.2 Å². The first-order valence-electron chi connectivity index (χ1n) is 10.1. The minimum Gasteiger partial charge on any atom is -0.368 e. The van der Waals surface area contributed by atoms with Crippen LogP contribution in [0.25, 0.3) is 0 Å². The van der Waals surface area contributed by atoms with Crippen molar-refractivity contribution >= 4 is 21.4 Å². The number of nitrogens with zero attached hydrogens (tertiary/aromatic N) is 2. The third kappa shape index (κ3) is 3.90. The van der Waals surface area contributed by atoms with Crippen molar-refractivity contribution < 1.29 is 26.4 Å². The number of hydrazine groups is 1. The molecule has 3 unspecified atom stereocenters. The van der Waals surface area contributed by atoms with Gasteiger partial charge in [-0.25, -0.2) is 13.8 Å². The lowest BCUT2D eigenvalue weighted by Crippen LogP contribution is -2.55. The first-order valence-corrected chi connectivity index (χ1v) is 11.6. The third-order valence-corrected chi connectivity index (χ3v) is 7.85. The molecular formula is C19H25F3N4O3S. The van der Waals surface area contributed by atoms with E-state index in [2.05, 4.69) is 10.9 Å². The molecule has 166 valence electrons. The van der Waals surface area contributed by atoms with Gasteiger partial charge in [0.25, 0.3) is 9.84 Å². The summed E-state index contributed by atoms with van der Waals surface area (Å²) >= 11 is 0. The number of carbonyl (C=O) groups is 1. The highest BCUT2D eigenvalue weighted by molar-refractivity contribution is 7.92. The van der Waals surface area contributed by atoms with Crippen LogP contribution >= 0.6 is 0 Å². The van der Waals surface area contributed by atoms with Crippen LogP contribution in [-0.4, -0.2) is 63.0 Å². The number of alkyl halides is 3. The predicted octanol–water partition coefficient (Wildman–Crippen LogP) is 1.66. The molecule has 0 radical (unpaired) electrons. The van der Waals surface area contributed by atoms with Crippen LogP contribution in [0.3, 0.4) is 0 Å². The Morgan fingerprint density at radius 1 is 0.967 bits per heavy atom. The Hall–Kier alpha value is -1.85. The number of sulfone groups is 1. The van der Waals surface area contributed by atoms with Gasteiger partial charge in [-0.1, -0.05) is 12.8 Å². The van der Waals surface area contributed by atoms with Crippen LogP contribution in [0.5, 0.6) is 0 Å². The smallest absolute Gasteiger partial charge is 0.368 e. The van der Waals surface area contributed by atoms with Gasteiger partial charge in [-0.2, -0.15) is 13.2 Å². The summed E-state index contributed by atoms with van der Waals surface area (Å²) in [5, 5.41) is 0. The number of halogens is 3. The van der Waals surface area contributed by atoms with E-state index >= 15 is 0 Å². The molecule has 2 saturated heterocycles. The number of piperazine rings is 1. The summed E-state index contributed by atoms with van der Waals surface area (Å²) < 4.78 is 61.0. The van der Waals surface area contributed by atoms with Crippen molar-refractivity contribution in [2.24, 2.45) is 5.92 Å². The minimum atomic E-state index is -5.35. The van der Waals surface area contributed by atoms with Gasteiger partial charge in [-0.15, -0.1) is 0 Å². The van der Waals surface area contributed by atoms with E-state index in [1.807, 2.05) is 9.80 Å². The zero-order valence-electron chi connectivity index (χ0n) is 16.4. The van der Waals surface area contributed by atoms with E-state index < -0.39 is 20.2 Å². The first-order chi connectivity index (χ1) is 14.2. The maximum Gasteiger partial charge on any atom is 0.501 e. The van der Waals surface area contributed by atoms with Gasteiger partial charge in [0.2, 0.25) is 5.91 Å². The average Bonchev–Trinajstić information content (AvgIpc) is 3.17. The molecule has 1 saturated carbocycles. The molecule has 1 aromatic carbocycles. The van der Waals surface area contributed by atoms with Crippen LogP contribution in [0.2, 0.25) is 0 Å². The Bertz CT molecular complexity index is 883. The molecule has 2 N–H and O–H groups in total. The van der Waals surface area contributed by atoms with Crippen LogP contribution < -0.4 is 15.8 Å². The molecule has 2 heterocycles. The second-order valence-electron chi connectivity index (χ2n) is 8.08. The van der Waals surface area contributed by atoms with Crippen molar-refractivity contribution in [2.75, 3.05) is 31.1 Å². The van der Waals surface area contributed by atoms with Gasteiger partial charge in [0.05, 0.1) is 4.90 Å². The standard InChI is InChI=1S/C19H25F3N4O3S/c20-19(21,22)30(28,29)14-7-5-13(6-8-14)25-9-11-26(12-10-25)18(27)17-15-3-1-2-4-16(15)23-24-17/h5-8,15-17,23-24H,1-4,9-12H2. The van der Waals surface area contributed by atoms with Crippen molar-refractivity contribution in [3.8, 4) is 0 Å². The molecule has 3 fully saturated rings. The summed E-state index contributed by atoms with van der Waals surface area (Å²) in [6.07, 6.45) is 4.43. The fourth-order valence-electron chi connectivity index (χ4n) is 4.64. The van der Waals surface area contributed by atoms with Gasteiger partial charge in [-0.05, 0) is 37.1 Å². The maximum atomic E-state index is 13.0. The molecule has 7 nitrogen and oxygen atoms in total. The molecule has 0 aromatic heterocycles. The zero-order chi connectivity index (χ0) is 21.5. The third-order valence-electron chi connectivity index (χ3n) is 6.35. The van der Waals surface area contributed by atoms with Gasteiger partial charge in [0, 0.05) is 43.8 Å². The summed E-state index contributed by atoms with van der Waals surface area (Å²) in [4.78, 5) is 16.0. The molecule has 30 heavy (non-hydrogen) atoms. The summed E-state index contributed by atoms with van der Waals surface area (Å²) in [6, 6.07) is 4.85. The number of carbonyl (C=O) groups excluding carboxylic acids is 1. The highest BCUT2D eigenvalue weighted by Gasteiger charge is 2.47. The van der Waals surface area contributed by atoms with Gasteiger partial charge in [-0.3, -0.25) is 10.2 Å². The van der Waals surface area contributed by atoms with Gasteiger partial charge < -0.3 is 9.80 Å². The summed E-state index contributed by atoms with van der Waals surface area (Å²) in [5.74, 6) is 0.399. The van der Waals surface area contributed by atoms with Crippen molar-refractivity contribution in [1.29, 1.82) is 0 Å². The zero-order valence-corrected chi connectivity index (χ0v) is 17.2. The number of anilines is 1. The topological polar surface area (TPSA) is 81.8 Å². The molecule has 11 heteroatoms. The summed E-state index contributed by atoms with van der Waals surface area (Å²) in [6.45, 7) is 2.09. The molecule has 2 aliphatic heterocycles. The number of benzene rings is 1. The second-order valence-corrected chi connectivity index (χ2v) is 10.0. The predicted molar refractivity (Wildman–Crippen MR) is 104 cm³/mol. The number of hydrogen-bond donors (Lipinski definition) is 2. The monoisotopic (exact) mass is 446 g/mol. The van der Waals surface area contributed by atoms with Crippen LogP contribution in [0, 0.1) is 5.92 Å². The largest absolute Gasteiger partial charge is 0.501 e. The maximum absolute atomic E-state index is 13.0. The quantitative estimate of drug-likeness (QED) is 0.735. The minimum absolute atomic E-state index is 0.0863. The Morgan fingerprint density at radius 3 is 2.23 bits per heavy atom. The molecule has 0 bridgehead atoms. The first kappa shape index (κ1) is 21.4.